The van der Waals surface area contributed by atoms with Gasteiger partial charge in [-0.05, 0) is 30.2 Å². The van der Waals surface area contributed by atoms with Gasteiger partial charge in [0.15, 0.2) is 0 Å². The van der Waals surface area contributed by atoms with E-state index in [1.165, 1.54) is 4.57 Å². The Labute approximate surface area is 174 Å². The number of benzene rings is 2. The summed E-state index contributed by atoms with van der Waals surface area (Å²) in [5, 5.41) is 0.713. The molecule has 0 unspecified atom stereocenters. The van der Waals surface area contributed by atoms with Crippen LogP contribution in [0.4, 0.5) is 0 Å². The highest BCUT2D eigenvalue weighted by Crippen LogP contribution is 2.19. The van der Waals surface area contributed by atoms with Crippen molar-refractivity contribution >= 4 is 11.6 Å². The molecule has 1 aromatic heterocycles. The monoisotopic (exact) mass is 409 g/mol. The molecule has 0 fully saturated rings. The average molecular weight is 410 g/mol. The van der Waals surface area contributed by atoms with Gasteiger partial charge in [0.05, 0.1) is 12.1 Å². The number of aromatic nitrogens is 2. The zero-order valence-corrected chi connectivity index (χ0v) is 17.2. The van der Waals surface area contributed by atoms with Crippen molar-refractivity contribution in [2.45, 2.75) is 39.5 Å². The Morgan fingerprint density at radius 2 is 1.69 bits per heavy atom. The second-order valence-corrected chi connectivity index (χ2v) is 7.86. The third-order valence-electron chi connectivity index (χ3n) is 5.48. The van der Waals surface area contributed by atoms with Gasteiger partial charge in [-0.3, -0.25) is 18.8 Å². The quantitative estimate of drug-likeness (QED) is 0.649. The first-order valence-electron chi connectivity index (χ1n) is 9.93. The molecular weight excluding hydrogens is 386 g/mol. The fourth-order valence-electron chi connectivity index (χ4n) is 4.07. The van der Waals surface area contributed by atoms with Crippen LogP contribution in [0.2, 0.25) is 5.02 Å². The largest absolute Gasteiger partial charge is 0.331 e. The molecule has 0 saturated carbocycles. The number of hydrogen-bond acceptors (Lipinski definition) is 3. The van der Waals surface area contributed by atoms with E-state index in [0.29, 0.717) is 31.1 Å². The first kappa shape index (κ1) is 19.7. The van der Waals surface area contributed by atoms with Crippen LogP contribution in [0.5, 0.6) is 0 Å². The molecule has 0 aliphatic carbocycles. The molecule has 150 valence electrons. The molecule has 1 aliphatic rings. The Balaban J connectivity index is 1.70. The van der Waals surface area contributed by atoms with Crippen LogP contribution in [0.25, 0.3) is 0 Å². The van der Waals surface area contributed by atoms with Crippen LogP contribution in [-0.2, 0) is 32.6 Å². The zero-order valence-electron chi connectivity index (χ0n) is 16.5. The van der Waals surface area contributed by atoms with Crippen molar-refractivity contribution in [3.05, 3.63) is 103 Å². The molecule has 2 aromatic carbocycles. The summed E-state index contributed by atoms with van der Waals surface area (Å²) in [6.45, 7) is 4.88. The van der Waals surface area contributed by atoms with E-state index < -0.39 is 0 Å². The average Bonchev–Trinajstić information content (AvgIpc) is 2.73. The Kier molecular flexibility index (Phi) is 5.69. The van der Waals surface area contributed by atoms with Gasteiger partial charge in [0.25, 0.3) is 5.56 Å². The molecule has 0 atom stereocenters. The van der Waals surface area contributed by atoms with Gasteiger partial charge < -0.3 is 0 Å². The summed E-state index contributed by atoms with van der Waals surface area (Å²) in [7, 11) is 0. The van der Waals surface area contributed by atoms with E-state index in [1.54, 1.807) is 4.57 Å². The standard InChI is InChI=1S/C23H24ClN3O2/c1-2-26-21-11-12-25(14-18-9-6-10-19(24)13-18)16-20(21)22(28)27(23(26)29)15-17-7-4-3-5-8-17/h3-10,13H,2,11-12,14-16H2,1H3. The number of nitrogens with zero attached hydrogens (tertiary/aromatic N) is 3. The normalized spacial score (nSPS) is 14.0. The number of halogens is 1. The Morgan fingerprint density at radius 3 is 2.41 bits per heavy atom. The van der Waals surface area contributed by atoms with Crippen molar-refractivity contribution in [1.29, 1.82) is 0 Å². The van der Waals surface area contributed by atoms with Gasteiger partial charge in [0.1, 0.15) is 0 Å². The molecular formula is C23H24ClN3O2. The maximum atomic E-state index is 13.3. The summed E-state index contributed by atoms with van der Waals surface area (Å²) in [5.41, 5.74) is 3.29. The van der Waals surface area contributed by atoms with Crippen molar-refractivity contribution in [2.75, 3.05) is 6.54 Å². The Bertz CT molecular complexity index is 1140. The molecule has 0 bridgehead atoms. The van der Waals surface area contributed by atoms with Crippen molar-refractivity contribution in [2.24, 2.45) is 0 Å². The smallest absolute Gasteiger partial charge is 0.297 e. The number of hydrogen-bond donors (Lipinski definition) is 0. The summed E-state index contributed by atoms with van der Waals surface area (Å²) >= 11 is 6.11. The Morgan fingerprint density at radius 1 is 0.931 bits per heavy atom. The third-order valence-corrected chi connectivity index (χ3v) is 5.72. The zero-order chi connectivity index (χ0) is 20.4. The minimum Gasteiger partial charge on any atom is -0.297 e. The van der Waals surface area contributed by atoms with E-state index >= 15 is 0 Å². The van der Waals surface area contributed by atoms with Crippen LogP contribution in [0, 0.1) is 0 Å². The summed E-state index contributed by atoms with van der Waals surface area (Å²) in [6.07, 6.45) is 0.695. The summed E-state index contributed by atoms with van der Waals surface area (Å²) in [4.78, 5) is 28.5. The van der Waals surface area contributed by atoms with Gasteiger partial charge >= 0.3 is 5.69 Å². The molecule has 0 amide bonds. The lowest BCUT2D eigenvalue weighted by Gasteiger charge is -2.30. The molecule has 2 heterocycles. The molecule has 4 rings (SSSR count). The van der Waals surface area contributed by atoms with Crippen LogP contribution < -0.4 is 11.2 Å². The predicted molar refractivity (Wildman–Crippen MR) is 115 cm³/mol. The molecule has 0 radical (unpaired) electrons. The summed E-state index contributed by atoms with van der Waals surface area (Å²) in [6, 6.07) is 17.4. The highest BCUT2D eigenvalue weighted by Gasteiger charge is 2.25. The lowest BCUT2D eigenvalue weighted by molar-refractivity contribution is 0.236. The summed E-state index contributed by atoms with van der Waals surface area (Å²) in [5.74, 6) is 0. The van der Waals surface area contributed by atoms with Crippen LogP contribution in [0.3, 0.4) is 0 Å². The minimum atomic E-state index is -0.219. The van der Waals surface area contributed by atoms with E-state index in [4.69, 9.17) is 11.6 Å². The van der Waals surface area contributed by atoms with Gasteiger partial charge in [-0.25, -0.2) is 4.79 Å². The fraction of sp³-hybridized carbons (Fsp3) is 0.304. The van der Waals surface area contributed by atoms with E-state index in [1.807, 2.05) is 61.5 Å². The van der Waals surface area contributed by atoms with Gasteiger partial charge in [-0.15, -0.1) is 0 Å². The number of fused-ring (bicyclic) bond motifs is 1. The lowest BCUT2D eigenvalue weighted by atomic mass is 10.0. The predicted octanol–water partition coefficient (Wildman–Crippen LogP) is 3.29. The van der Waals surface area contributed by atoms with Crippen molar-refractivity contribution in [3.8, 4) is 0 Å². The van der Waals surface area contributed by atoms with E-state index in [2.05, 4.69) is 4.90 Å². The second kappa shape index (κ2) is 8.39. The SMILES string of the molecule is CCn1c2c(c(=O)n(Cc3ccccc3)c1=O)CN(Cc1cccc(Cl)c1)CC2. The van der Waals surface area contributed by atoms with E-state index in [0.717, 1.165) is 35.5 Å². The van der Waals surface area contributed by atoms with Crippen molar-refractivity contribution < 1.29 is 0 Å². The lowest BCUT2D eigenvalue weighted by Crippen LogP contribution is -2.47. The first-order valence-corrected chi connectivity index (χ1v) is 10.3. The van der Waals surface area contributed by atoms with Crippen LogP contribution in [0.1, 0.15) is 29.3 Å². The molecule has 3 aromatic rings. The highest BCUT2D eigenvalue weighted by atomic mass is 35.5. The molecule has 1 aliphatic heterocycles. The fourth-order valence-corrected chi connectivity index (χ4v) is 4.28. The molecule has 29 heavy (non-hydrogen) atoms. The Hall–Kier alpha value is -2.63. The van der Waals surface area contributed by atoms with Crippen molar-refractivity contribution in [1.82, 2.24) is 14.0 Å². The van der Waals surface area contributed by atoms with Crippen molar-refractivity contribution in [3.63, 3.8) is 0 Å². The van der Waals surface area contributed by atoms with Gasteiger partial charge in [0, 0.05) is 43.3 Å². The third kappa shape index (κ3) is 4.07. The molecule has 0 N–H and O–H groups in total. The second-order valence-electron chi connectivity index (χ2n) is 7.42. The number of rotatable bonds is 5. The minimum absolute atomic E-state index is 0.172. The molecule has 0 saturated heterocycles. The molecule has 6 heteroatoms. The first-order chi connectivity index (χ1) is 14.1. The van der Waals surface area contributed by atoms with Crippen LogP contribution in [0.15, 0.2) is 64.2 Å². The summed E-state index contributed by atoms with van der Waals surface area (Å²) < 4.78 is 3.14. The maximum absolute atomic E-state index is 13.3. The van der Waals surface area contributed by atoms with Gasteiger partial charge in [-0.2, -0.15) is 0 Å². The van der Waals surface area contributed by atoms with Gasteiger partial charge in [0.2, 0.25) is 0 Å². The van der Waals surface area contributed by atoms with Crippen LogP contribution in [-0.4, -0.2) is 20.6 Å². The van der Waals surface area contributed by atoms with Crippen LogP contribution >= 0.6 is 11.6 Å². The topological polar surface area (TPSA) is 47.2 Å². The van der Waals surface area contributed by atoms with Gasteiger partial charge in [-0.1, -0.05) is 54.1 Å². The van der Waals surface area contributed by atoms with E-state index in [9.17, 15) is 9.59 Å². The molecule has 5 nitrogen and oxygen atoms in total. The molecule has 0 spiro atoms. The maximum Gasteiger partial charge on any atom is 0.331 e. The van der Waals surface area contributed by atoms with E-state index in [-0.39, 0.29) is 11.2 Å². The highest BCUT2D eigenvalue weighted by molar-refractivity contribution is 6.30.